The Balaban J connectivity index is 2.16. The van der Waals surface area contributed by atoms with Gasteiger partial charge in [-0.1, -0.05) is 13.8 Å². The van der Waals surface area contributed by atoms with E-state index in [9.17, 15) is 10.2 Å². The summed E-state index contributed by atoms with van der Waals surface area (Å²) in [5, 5.41) is 18.9. The number of aliphatic hydroxyl groups is 2. The molecule has 0 aromatic carbocycles. The minimum Gasteiger partial charge on any atom is -0.396 e. The lowest BCUT2D eigenvalue weighted by molar-refractivity contribution is -0.181. The largest absolute Gasteiger partial charge is 0.396 e. The molecule has 2 heteroatoms. The number of hydrogen-bond donors (Lipinski definition) is 2. The molecule has 0 aliphatic heterocycles. The van der Waals surface area contributed by atoms with E-state index in [2.05, 4.69) is 13.8 Å². The van der Waals surface area contributed by atoms with Gasteiger partial charge in [0.2, 0.25) is 0 Å². The maximum absolute atomic E-state index is 9.62. The normalized spacial score (nSPS) is 58.0. The smallest absolute Gasteiger partial charge is 0.0571 e. The number of fused-ring (bicyclic) bond motifs is 2. The lowest BCUT2D eigenvalue weighted by Crippen LogP contribution is -2.59. The van der Waals surface area contributed by atoms with Crippen LogP contribution in [0.5, 0.6) is 0 Å². The third kappa shape index (κ3) is 0.826. The first-order chi connectivity index (χ1) is 5.59. The van der Waals surface area contributed by atoms with E-state index in [-0.39, 0.29) is 11.5 Å². The van der Waals surface area contributed by atoms with Gasteiger partial charge in [0.25, 0.3) is 0 Å². The second-order valence-electron chi connectivity index (χ2n) is 4.87. The molecule has 0 radical (unpaired) electrons. The standard InChI is InChI=1S/C10H18O2/c1-6-8-3-7(4-9(6)12)10(8,2)5-11/h6-9,11-12H,3-5H2,1-2H3/t6-,7+,8-,9-,10?/m0/s1. The zero-order valence-electron chi connectivity index (χ0n) is 7.83. The fourth-order valence-electron chi connectivity index (χ4n) is 3.19. The molecule has 0 spiro atoms. The molecule has 0 amide bonds. The van der Waals surface area contributed by atoms with Crippen molar-refractivity contribution in [2.75, 3.05) is 6.61 Å². The van der Waals surface area contributed by atoms with E-state index in [1.165, 1.54) is 6.42 Å². The molecule has 3 saturated carbocycles. The molecule has 3 rings (SSSR count). The lowest BCUT2D eigenvalue weighted by atomic mass is 9.44. The van der Waals surface area contributed by atoms with Crippen LogP contribution in [0.4, 0.5) is 0 Å². The highest BCUT2D eigenvalue weighted by atomic mass is 16.3. The van der Waals surface area contributed by atoms with Gasteiger partial charge in [0.1, 0.15) is 0 Å². The van der Waals surface area contributed by atoms with E-state index in [1.54, 1.807) is 0 Å². The number of rotatable bonds is 1. The fourth-order valence-corrected chi connectivity index (χ4v) is 3.19. The predicted octanol–water partition coefficient (Wildman–Crippen LogP) is 1.02. The van der Waals surface area contributed by atoms with Crippen molar-refractivity contribution < 1.29 is 10.2 Å². The lowest BCUT2D eigenvalue weighted by Gasteiger charge is -2.61. The molecule has 0 saturated heterocycles. The monoisotopic (exact) mass is 170 g/mol. The van der Waals surface area contributed by atoms with E-state index in [4.69, 9.17) is 0 Å². The van der Waals surface area contributed by atoms with Crippen LogP contribution in [0.3, 0.4) is 0 Å². The van der Waals surface area contributed by atoms with Gasteiger partial charge < -0.3 is 10.2 Å². The third-order valence-electron chi connectivity index (χ3n) is 4.43. The van der Waals surface area contributed by atoms with Crippen LogP contribution >= 0.6 is 0 Å². The van der Waals surface area contributed by atoms with Crippen molar-refractivity contribution in [3.8, 4) is 0 Å². The van der Waals surface area contributed by atoms with Gasteiger partial charge in [0.15, 0.2) is 0 Å². The number of aliphatic hydroxyl groups excluding tert-OH is 2. The van der Waals surface area contributed by atoms with E-state index >= 15 is 0 Å². The summed E-state index contributed by atoms with van der Waals surface area (Å²) in [6.45, 7) is 4.56. The van der Waals surface area contributed by atoms with Gasteiger partial charge >= 0.3 is 0 Å². The van der Waals surface area contributed by atoms with E-state index < -0.39 is 0 Å². The van der Waals surface area contributed by atoms with Crippen LogP contribution in [0.1, 0.15) is 26.7 Å². The van der Waals surface area contributed by atoms with Gasteiger partial charge in [-0.2, -0.15) is 0 Å². The molecule has 0 aromatic rings. The maximum Gasteiger partial charge on any atom is 0.0571 e. The molecule has 12 heavy (non-hydrogen) atoms. The topological polar surface area (TPSA) is 40.5 Å². The summed E-state index contributed by atoms with van der Waals surface area (Å²) in [6.07, 6.45) is 2.00. The average molecular weight is 170 g/mol. The van der Waals surface area contributed by atoms with Crippen LogP contribution in [0.25, 0.3) is 0 Å². The summed E-state index contributed by atoms with van der Waals surface area (Å²) in [6, 6.07) is 0. The Morgan fingerprint density at radius 3 is 2.58 bits per heavy atom. The molecule has 2 nitrogen and oxygen atoms in total. The summed E-state index contributed by atoms with van der Waals surface area (Å²) >= 11 is 0. The van der Waals surface area contributed by atoms with Crippen molar-refractivity contribution in [1.82, 2.24) is 0 Å². The summed E-state index contributed by atoms with van der Waals surface area (Å²) < 4.78 is 0. The van der Waals surface area contributed by atoms with Crippen molar-refractivity contribution in [3.63, 3.8) is 0 Å². The molecule has 3 aliphatic carbocycles. The molecule has 5 atom stereocenters. The highest BCUT2D eigenvalue weighted by molar-refractivity contribution is 5.06. The molecule has 3 fully saturated rings. The first kappa shape index (κ1) is 8.52. The van der Waals surface area contributed by atoms with Crippen LogP contribution in [-0.4, -0.2) is 22.9 Å². The van der Waals surface area contributed by atoms with Crippen LogP contribution < -0.4 is 0 Å². The van der Waals surface area contributed by atoms with Crippen LogP contribution in [-0.2, 0) is 0 Å². The van der Waals surface area contributed by atoms with Crippen molar-refractivity contribution in [3.05, 3.63) is 0 Å². The minimum absolute atomic E-state index is 0.117. The summed E-state index contributed by atoms with van der Waals surface area (Å²) in [5.74, 6) is 1.50. The second kappa shape index (κ2) is 2.46. The van der Waals surface area contributed by atoms with Gasteiger partial charge in [-0.25, -0.2) is 0 Å². The Labute approximate surface area is 73.6 Å². The summed E-state index contributed by atoms with van der Waals surface area (Å²) in [7, 11) is 0. The van der Waals surface area contributed by atoms with Crippen molar-refractivity contribution >= 4 is 0 Å². The molecule has 2 bridgehead atoms. The molecule has 0 heterocycles. The first-order valence-electron chi connectivity index (χ1n) is 4.88. The Hall–Kier alpha value is -0.0800. The van der Waals surface area contributed by atoms with E-state index in [1.807, 2.05) is 0 Å². The first-order valence-corrected chi connectivity index (χ1v) is 4.88. The second-order valence-corrected chi connectivity index (χ2v) is 4.87. The highest BCUT2D eigenvalue weighted by Crippen LogP contribution is 2.61. The van der Waals surface area contributed by atoms with E-state index in [0.29, 0.717) is 24.4 Å². The quantitative estimate of drug-likeness (QED) is 0.617. The highest BCUT2D eigenvalue weighted by Gasteiger charge is 2.58. The van der Waals surface area contributed by atoms with Gasteiger partial charge in [0.05, 0.1) is 6.10 Å². The molecule has 70 valence electrons. The molecule has 1 unspecified atom stereocenters. The summed E-state index contributed by atoms with van der Waals surface area (Å²) in [5.41, 5.74) is 0.124. The van der Waals surface area contributed by atoms with Crippen LogP contribution in [0.15, 0.2) is 0 Å². The third-order valence-corrected chi connectivity index (χ3v) is 4.43. The predicted molar refractivity (Wildman–Crippen MR) is 46.6 cm³/mol. The van der Waals surface area contributed by atoms with Crippen molar-refractivity contribution in [2.45, 2.75) is 32.8 Å². The Morgan fingerprint density at radius 2 is 2.08 bits per heavy atom. The Kier molecular flexibility index (Phi) is 1.74. The van der Waals surface area contributed by atoms with Gasteiger partial charge in [-0.3, -0.25) is 0 Å². The minimum atomic E-state index is -0.117. The van der Waals surface area contributed by atoms with Crippen molar-refractivity contribution in [2.24, 2.45) is 23.2 Å². The van der Waals surface area contributed by atoms with Gasteiger partial charge in [-0.05, 0) is 36.0 Å². The van der Waals surface area contributed by atoms with Gasteiger partial charge in [-0.15, -0.1) is 0 Å². The number of hydrogen-bond acceptors (Lipinski definition) is 2. The van der Waals surface area contributed by atoms with Crippen LogP contribution in [0, 0.1) is 23.2 Å². The summed E-state index contributed by atoms with van der Waals surface area (Å²) in [4.78, 5) is 0. The zero-order chi connectivity index (χ0) is 8.93. The molecule has 2 N–H and O–H groups in total. The maximum atomic E-state index is 9.62. The fraction of sp³-hybridized carbons (Fsp3) is 1.00. The van der Waals surface area contributed by atoms with E-state index in [0.717, 1.165) is 6.42 Å². The average Bonchev–Trinajstić information content (AvgIpc) is 2.07. The Morgan fingerprint density at radius 1 is 1.42 bits per heavy atom. The molecular formula is C10H18O2. The van der Waals surface area contributed by atoms with Crippen molar-refractivity contribution in [1.29, 1.82) is 0 Å². The van der Waals surface area contributed by atoms with Crippen LogP contribution in [0.2, 0.25) is 0 Å². The SMILES string of the molecule is C[C@@H]1[C@@H](O)C[C@H]2C[C@@H]1C2(C)CO. The van der Waals surface area contributed by atoms with Gasteiger partial charge in [0, 0.05) is 6.61 Å². The Bertz CT molecular complexity index is 192. The molecule has 0 aromatic heterocycles. The molecule has 3 aliphatic rings. The molecular weight excluding hydrogens is 152 g/mol. The zero-order valence-corrected chi connectivity index (χ0v) is 7.83.